The number of aromatic amines is 1. The number of aromatic nitrogens is 2. The maximum atomic E-state index is 14.0. The van der Waals surface area contributed by atoms with Gasteiger partial charge in [-0.3, -0.25) is 9.36 Å². The first kappa shape index (κ1) is 19.3. The highest BCUT2D eigenvalue weighted by atomic mass is 32.1. The van der Waals surface area contributed by atoms with Crippen LogP contribution in [0.3, 0.4) is 0 Å². The molecule has 1 spiro atoms. The van der Waals surface area contributed by atoms with Gasteiger partial charge in [-0.15, -0.1) is 0 Å². The number of fused-ring (bicyclic) bond motifs is 4. The second-order valence-corrected chi connectivity index (χ2v) is 9.08. The Kier molecular flexibility index (Phi) is 4.66. The average Bonchev–Trinajstić information content (AvgIpc) is 2.75. The number of nitrogens with zero attached hydrogens (tertiary/aromatic N) is 1. The van der Waals surface area contributed by atoms with Gasteiger partial charge >= 0.3 is 0 Å². The molecule has 1 aromatic heterocycles. The summed E-state index contributed by atoms with van der Waals surface area (Å²) in [6, 6.07) is 14.1. The van der Waals surface area contributed by atoms with E-state index in [0.29, 0.717) is 4.77 Å². The maximum Gasteiger partial charge on any atom is 0.263 e. The number of rotatable bonds is 2. The molecule has 3 aromatic rings. The third kappa shape index (κ3) is 2.95. The molecule has 1 fully saturated rings. The number of H-pyrrole nitrogens is 1. The molecule has 4 nitrogen and oxygen atoms in total. The zero-order chi connectivity index (χ0) is 20.9. The molecule has 1 saturated carbocycles. The first-order valence-corrected chi connectivity index (χ1v) is 11.1. The van der Waals surface area contributed by atoms with E-state index >= 15 is 0 Å². The highest BCUT2D eigenvalue weighted by Gasteiger charge is 2.42. The monoisotopic (exact) mass is 418 g/mol. The lowest BCUT2D eigenvalue weighted by Crippen LogP contribution is -2.42. The predicted molar refractivity (Wildman–Crippen MR) is 122 cm³/mol. The van der Waals surface area contributed by atoms with Crippen molar-refractivity contribution in [1.82, 2.24) is 9.55 Å². The van der Waals surface area contributed by atoms with Crippen molar-refractivity contribution in [2.75, 3.05) is 7.11 Å². The summed E-state index contributed by atoms with van der Waals surface area (Å²) in [5, 5.41) is 0. The van der Waals surface area contributed by atoms with Crippen molar-refractivity contribution in [3.05, 3.63) is 74.3 Å². The zero-order valence-corrected chi connectivity index (χ0v) is 18.3. The Morgan fingerprint density at radius 3 is 2.50 bits per heavy atom. The number of aryl methyl sites for hydroxylation is 1. The Hall–Kier alpha value is -2.66. The average molecular weight is 419 g/mol. The molecule has 5 rings (SSSR count). The van der Waals surface area contributed by atoms with Gasteiger partial charge in [0.05, 0.1) is 18.5 Å². The number of hydrogen-bond donors (Lipinski definition) is 1. The Labute approximate surface area is 181 Å². The van der Waals surface area contributed by atoms with Gasteiger partial charge in [0.15, 0.2) is 4.77 Å². The molecule has 2 aliphatic carbocycles. The van der Waals surface area contributed by atoms with Gasteiger partial charge in [-0.05, 0) is 74.3 Å². The third-order valence-corrected chi connectivity index (χ3v) is 7.12. The van der Waals surface area contributed by atoms with E-state index in [1.54, 1.807) is 11.7 Å². The molecule has 0 aliphatic heterocycles. The summed E-state index contributed by atoms with van der Waals surface area (Å²) in [5.41, 5.74) is 6.18. The molecule has 5 heteroatoms. The van der Waals surface area contributed by atoms with E-state index in [0.717, 1.165) is 60.4 Å². The first-order chi connectivity index (χ1) is 14.5. The van der Waals surface area contributed by atoms with Crippen LogP contribution < -0.4 is 10.3 Å². The lowest BCUT2D eigenvalue weighted by atomic mass is 9.62. The van der Waals surface area contributed by atoms with Gasteiger partial charge in [0, 0.05) is 16.5 Å². The van der Waals surface area contributed by atoms with Crippen molar-refractivity contribution in [2.24, 2.45) is 0 Å². The third-order valence-electron chi connectivity index (χ3n) is 6.84. The number of methoxy groups -OCH3 is 1. The normalized spacial score (nSPS) is 16.7. The molecule has 0 unspecified atom stereocenters. The van der Waals surface area contributed by atoms with Crippen molar-refractivity contribution < 1.29 is 4.74 Å². The molecule has 30 heavy (non-hydrogen) atoms. The Balaban J connectivity index is 1.80. The zero-order valence-electron chi connectivity index (χ0n) is 17.5. The predicted octanol–water partition coefficient (Wildman–Crippen LogP) is 5.64. The van der Waals surface area contributed by atoms with E-state index in [2.05, 4.69) is 30.1 Å². The molecule has 1 N–H and O–H groups in total. The summed E-state index contributed by atoms with van der Waals surface area (Å²) in [4.78, 5) is 17.5. The van der Waals surface area contributed by atoms with Crippen molar-refractivity contribution in [3.63, 3.8) is 0 Å². The van der Waals surface area contributed by atoms with Crippen LogP contribution in [-0.2, 0) is 11.8 Å². The smallest absolute Gasteiger partial charge is 0.263 e. The fraction of sp³-hybridized carbons (Fsp3) is 0.360. The van der Waals surface area contributed by atoms with Crippen LogP contribution in [0, 0.1) is 11.7 Å². The molecular weight excluding hydrogens is 392 g/mol. The van der Waals surface area contributed by atoms with Gasteiger partial charge in [0.25, 0.3) is 5.56 Å². The minimum atomic E-state index is -0.110. The van der Waals surface area contributed by atoms with Crippen LogP contribution in [0.5, 0.6) is 5.75 Å². The summed E-state index contributed by atoms with van der Waals surface area (Å²) >= 11 is 5.70. The van der Waals surface area contributed by atoms with Crippen LogP contribution in [0.15, 0.2) is 47.3 Å². The van der Waals surface area contributed by atoms with Gasteiger partial charge < -0.3 is 9.72 Å². The van der Waals surface area contributed by atoms with Crippen LogP contribution in [0.4, 0.5) is 0 Å². The molecule has 1 heterocycles. The molecule has 154 valence electrons. The fourth-order valence-corrected chi connectivity index (χ4v) is 5.67. The number of hydrogen-bond acceptors (Lipinski definition) is 3. The van der Waals surface area contributed by atoms with Gasteiger partial charge in [-0.25, -0.2) is 0 Å². The van der Waals surface area contributed by atoms with Gasteiger partial charge in [-0.2, -0.15) is 0 Å². The molecule has 0 saturated heterocycles. The fourth-order valence-electron chi connectivity index (χ4n) is 5.38. The van der Waals surface area contributed by atoms with Crippen LogP contribution in [0.25, 0.3) is 16.9 Å². The van der Waals surface area contributed by atoms with Crippen molar-refractivity contribution in [3.8, 4) is 22.7 Å². The molecule has 0 atom stereocenters. The summed E-state index contributed by atoms with van der Waals surface area (Å²) in [6.07, 6.45) is 6.60. The largest absolute Gasteiger partial charge is 0.497 e. The summed E-state index contributed by atoms with van der Waals surface area (Å²) < 4.78 is 7.37. The molecule has 2 aliphatic rings. The summed E-state index contributed by atoms with van der Waals surface area (Å²) in [5.74, 6) is 0.757. The minimum absolute atomic E-state index is 0.0213. The molecule has 0 amide bonds. The van der Waals surface area contributed by atoms with E-state index in [4.69, 9.17) is 17.0 Å². The maximum absolute atomic E-state index is 14.0. The van der Waals surface area contributed by atoms with Crippen molar-refractivity contribution in [2.45, 2.75) is 50.9 Å². The van der Waals surface area contributed by atoms with E-state index < -0.39 is 0 Å². The summed E-state index contributed by atoms with van der Waals surface area (Å²) in [7, 11) is 1.64. The van der Waals surface area contributed by atoms with Gasteiger partial charge in [0.2, 0.25) is 0 Å². The second kappa shape index (κ2) is 7.24. The van der Waals surface area contributed by atoms with E-state index in [1.165, 1.54) is 17.5 Å². The van der Waals surface area contributed by atoms with Crippen LogP contribution >= 0.6 is 12.2 Å². The lowest BCUT2D eigenvalue weighted by molar-refractivity contribution is 0.284. The quantitative estimate of drug-likeness (QED) is 0.548. The Morgan fingerprint density at radius 1 is 1.07 bits per heavy atom. The van der Waals surface area contributed by atoms with E-state index in [-0.39, 0.29) is 11.0 Å². The standard InChI is InChI=1S/C25H26N2O2S/c1-16-6-7-17-15-25(12-4-3-5-13-25)21-22(20(17)14-16)26-24(30)27(23(21)28)18-8-10-19(29-2)11-9-18/h6-11,14H,3-5,12-13,15H2,1-2H3,(H,26,30). The van der Waals surface area contributed by atoms with E-state index in [1.807, 2.05) is 24.3 Å². The van der Waals surface area contributed by atoms with E-state index in [9.17, 15) is 4.79 Å². The molecular formula is C25H26N2O2S. The van der Waals surface area contributed by atoms with Crippen molar-refractivity contribution in [1.29, 1.82) is 0 Å². The van der Waals surface area contributed by atoms with Crippen molar-refractivity contribution >= 4 is 12.2 Å². The Bertz CT molecular complexity index is 1230. The number of nitrogens with one attached hydrogen (secondary N) is 1. The topological polar surface area (TPSA) is 47.0 Å². The van der Waals surface area contributed by atoms with Crippen LogP contribution in [-0.4, -0.2) is 16.7 Å². The SMILES string of the molecule is COc1ccc(-n2c(=S)[nH]c3c(c2=O)C2(CCCCC2)Cc2ccc(C)cc2-3)cc1. The number of benzene rings is 2. The molecule has 2 aromatic carbocycles. The first-order valence-electron chi connectivity index (χ1n) is 10.7. The highest BCUT2D eigenvalue weighted by Crippen LogP contribution is 2.48. The lowest BCUT2D eigenvalue weighted by Gasteiger charge is -2.42. The Morgan fingerprint density at radius 2 is 1.80 bits per heavy atom. The molecule has 0 radical (unpaired) electrons. The van der Waals surface area contributed by atoms with Crippen LogP contribution in [0.2, 0.25) is 0 Å². The summed E-state index contributed by atoms with van der Waals surface area (Å²) in [6.45, 7) is 2.10. The second-order valence-electron chi connectivity index (χ2n) is 8.70. The number of ether oxygens (including phenoxy) is 1. The van der Waals surface area contributed by atoms with Gasteiger partial charge in [0.1, 0.15) is 5.75 Å². The highest BCUT2D eigenvalue weighted by molar-refractivity contribution is 7.71. The molecule has 0 bridgehead atoms. The minimum Gasteiger partial charge on any atom is -0.497 e. The van der Waals surface area contributed by atoms with Gasteiger partial charge in [-0.1, -0.05) is 37.0 Å². The van der Waals surface area contributed by atoms with Crippen LogP contribution in [0.1, 0.15) is 48.8 Å².